The highest BCUT2D eigenvalue weighted by Crippen LogP contribution is 2.14. The van der Waals surface area contributed by atoms with Crippen molar-refractivity contribution in [2.24, 2.45) is 0 Å². The molecule has 3 aromatic rings. The summed E-state index contributed by atoms with van der Waals surface area (Å²) < 4.78 is 10.0. The van der Waals surface area contributed by atoms with Crippen molar-refractivity contribution in [2.45, 2.75) is 6.92 Å². The standard InChI is InChI=1S/C21H18N2O5/c1-14-5-2-3-6-17(14)23-19(24)13-28-21(26)15-8-10-16(11-9-15)22-20(25)18-7-4-12-27-18/h2-12H,13H2,1H3,(H,22,25)(H,23,24). The Morgan fingerprint density at radius 2 is 1.68 bits per heavy atom. The molecule has 28 heavy (non-hydrogen) atoms. The largest absolute Gasteiger partial charge is 0.459 e. The fraction of sp³-hybridized carbons (Fsp3) is 0.0952. The summed E-state index contributed by atoms with van der Waals surface area (Å²) in [6.45, 7) is 1.47. The van der Waals surface area contributed by atoms with Crippen molar-refractivity contribution in [2.75, 3.05) is 17.2 Å². The highest BCUT2D eigenvalue weighted by molar-refractivity contribution is 6.02. The molecule has 7 heteroatoms. The van der Waals surface area contributed by atoms with Crippen molar-refractivity contribution >= 4 is 29.2 Å². The molecule has 0 radical (unpaired) electrons. The van der Waals surface area contributed by atoms with Gasteiger partial charge in [-0.05, 0) is 55.0 Å². The number of para-hydroxylation sites is 1. The molecule has 0 fully saturated rings. The number of furan rings is 1. The van der Waals surface area contributed by atoms with Gasteiger partial charge in [-0.15, -0.1) is 0 Å². The third-order valence-electron chi connectivity index (χ3n) is 3.88. The summed E-state index contributed by atoms with van der Waals surface area (Å²) in [5.41, 5.74) is 2.34. The van der Waals surface area contributed by atoms with Crippen LogP contribution in [0.1, 0.15) is 26.5 Å². The number of benzene rings is 2. The average molecular weight is 378 g/mol. The summed E-state index contributed by atoms with van der Waals surface area (Å²) in [5, 5.41) is 5.33. The molecule has 2 N–H and O–H groups in total. The van der Waals surface area contributed by atoms with Gasteiger partial charge in [-0.2, -0.15) is 0 Å². The number of esters is 1. The van der Waals surface area contributed by atoms with Gasteiger partial charge in [0.1, 0.15) is 0 Å². The smallest absolute Gasteiger partial charge is 0.338 e. The van der Waals surface area contributed by atoms with Crippen LogP contribution in [0.4, 0.5) is 11.4 Å². The first-order valence-electron chi connectivity index (χ1n) is 8.50. The summed E-state index contributed by atoms with van der Waals surface area (Å²) in [6, 6.07) is 16.6. The van der Waals surface area contributed by atoms with Crippen LogP contribution in [0.5, 0.6) is 0 Å². The van der Waals surface area contributed by atoms with Gasteiger partial charge in [0.05, 0.1) is 11.8 Å². The molecule has 0 atom stereocenters. The molecule has 0 aliphatic carbocycles. The van der Waals surface area contributed by atoms with E-state index in [4.69, 9.17) is 9.15 Å². The number of aryl methyl sites for hydroxylation is 1. The summed E-state index contributed by atoms with van der Waals surface area (Å²) in [5.74, 6) is -1.27. The van der Waals surface area contributed by atoms with Crippen molar-refractivity contribution in [3.63, 3.8) is 0 Å². The second-order valence-electron chi connectivity index (χ2n) is 5.95. The van der Waals surface area contributed by atoms with E-state index < -0.39 is 24.4 Å². The molecule has 0 bridgehead atoms. The van der Waals surface area contributed by atoms with Crippen LogP contribution in [0.25, 0.3) is 0 Å². The first-order valence-corrected chi connectivity index (χ1v) is 8.50. The zero-order valence-electron chi connectivity index (χ0n) is 15.1. The average Bonchev–Trinajstić information content (AvgIpc) is 3.23. The van der Waals surface area contributed by atoms with Crippen molar-refractivity contribution in [3.05, 3.63) is 83.8 Å². The number of hydrogen-bond donors (Lipinski definition) is 2. The number of nitrogens with one attached hydrogen (secondary N) is 2. The van der Waals surface area contributed by atoms with E-state index in [9.17, 15) is 14.4 Å². The fourth-order valence-electron chi connectivity index (χ4n) is 2.40. The van der Waals surface area contributed by atoms with Gasteiger partial charge in [0, 0.05) is 11.4 Å². The lowest BCUT2D eigenvalue weighted by molar-refractivity contribution is -0.119. The number of ether oxygens (including phenoxy) is 1. The van der Waals surface area contributed by atoms with E-state index in [0.717, 1.165) is 5.56 Å². The first-order chi connectivity index (χ1) is 13.5. The lowest BCUT2D eigenvalue weighted by Crippen LogP contribution is -2.21. The molecule has 3 rings (SSSR count). The Balaban J connectivity index is 1.51. The molecular formula is C21H18N2O5. The Hall–Kier alpha value is -3.87. The van der Waals surface area contributed by atoms with Gasteiger partial charge in [-0.3, -0.25) is 9.59 Å². The molecule has 7 nitrogen and oxygen atoms in total. The van der Waals surface area contributed by atoms with Crippen LogP contribution < -0.4 is 10.6 Å². The number of hydrogen-bond acceptors (Lipinski definition) is 5. The first kappa shape index (κ1) is 18.9. The molecule has 0 aliphatic rings. The highest BCUT2D eigenvalue weighted by Gasteiger charge is 2.12. The summed E-state index contributed by atoms with van der Waals surface area (Å²) in [6.07, 6.45) is 1.41. The Bertz CT molecular complexity index is 978. The normalized spacial score (nSPS) is 10.2. The second kappa shape index (κ2) is 8.68. The van der Waals surface area contributed by atoms with Gasteiger partial charge >= 0.3 is 5.97 Å². The van der Waals surface area contributed by atoms with E-state index in [2.05, 4.69) is 10.6 Å². The van der Waals surface area contributed by atoms with E-state index in [1.165, 1.54) is 18.4 Å². The summed E-state index contributed by atoms with van der Waals surface area (Å²) in [4.78, 5) is 35.9. The topological polar surface area (TPSA) is 97.6 Å². The monoisotopic (exact) mass is 378 g/mol. The number of carbonyl (C=O) groups is 3. The van der Waals surface area contributed by atoms with E-state index in [-0.39, 0.29) is 11.3 Å². The predicted molar refractivity (Wildman–Crippen MR) is 103 cm³/mol. The highest BCUT2D eigenvalue weighted by atomic mass is 16.5. The van der Waals surface area contributed by atoms with Gasteiger partial charge < -0.3 is 19.8 Å². The second-order valence-corrected chi connectivity index (χ2v) is 5.95. The third kappa shape index (κ3) is 4.85. The van der Waals surface area contributed by atoms with Crippen LogP contribution in [-0.2, 0) is 9.53 Å². The van der Waals surface area contributed by atoms with Crippen LogP contribution in [0.3, 0.4) is 0 Å². The van der Waals surface area contributed by atoms with E-state index in [1.807, 2.05) is 19.1 Å². The van der Waals surface area contributed by atoms with Gasteiger partial charge in [-0.25, -0.2) is 4.79 Å². The zero-order chi connectivity index (χ0) is 19.9. The molecule has 1 heterocycles. The lowest BCUT2D eigenvalue weighted by Gasteiger charge is -2.09. The Labute approximate surface area is 161 Å². The maximum Gasteiger partial charge on any atom is 0.338 e. The minimum atomic E-state index is -0.635. The summed E-state index contributed by atoms with van der Waals surface area (Å²) in [7, 11) is 0. The molecule has 2 amide bonds. The molecule has 0 aliphatic heterocycles. The molecule has 0 saturated carbocycles. The maximum atomic E-state index is 12.1. The molecule has 0 spiro atoms. The van der Waals surface area contributed by atoms with Crippen LogP contribution in [-0.4, -0.2) is 24.4 Å². The van der Waals surface area contributed by atoms with Crippen molar-refractivity contribution in [1.29, 1.82) is 0 Å². The number of anilines is 2. The van der Waals surface area contributed by atoms with Crippen molar-refractivity contribution < 1.29 is 23.5 Å². The molecule has 1 aromatic heterocycles. The summed E-state index contributed by atoms with van der Waals surface area (Å²) >= 11 is 0. The maximum absolute atomic E-state index is 12.1. The van der Waals surface area contributed by atoms with Crippen LogP contribution >= 0.6 is 0 Å². The van der Waals surface area contributed by atoms with E-state index in [0.29, 0.717) is 11.4 Å². The van der Waals surface area contributed by atoms with Crippen LogP contribution in [0.2, 0.25) is 0 Å². The SMILES string of the molecule is Cc1ccccc1NC(=O)COC(=O)c1ccc(NC(=O)c2ccco2)cc1. The fourth-order valence-corrected chi connectivity index (χ4v) is 2.40. The quantitative estimate of drug-likeness (QED) is 0.638. The van der Waals surface area contributed by atoms with Crippen molar-refractivity contribution in [3.8, 4) is 0 Å². The Kier molecular flexibility index (Phi) is 5.86. The van der Waals surface area contributed by atoms with Crippen LogP contribution in [0.15, 0.2) is 71.3 Å². The Morgan fingerprint density at radius 3 is 2.36 bits per heavy atom. The molecular weight excluding hydrogens is 360 g/mol. The minimum Gasteiger partial charge on any atom is -0.459 e. The molecule has 0 unspecified atom stereocenters. The van der Waals surface area contributed by atoms with Gasteiger partial charge in [-0.1, -0.05) is 18.2 Å². The van der Waals surface area contributed by atoms with Crippen LogP contribution in [0, 0.1) is 6.92 Å². The number of amides is 2. The predicted octanol–water partition coefficient (Wildman–Crippen LogP) is 3.64. The van der Waals surface area contributed by atoms with Crippen molar-refractivity contribution in [1.82, 2.24) is 0 Å². The zero-order valence-corrected chi connectivity index (χ0v) is 15.1. The lowest BCUT2D eigenvalue weighted by atomic mass is 10.2. The van der Waals surface area contributed by atoms with Gasteiger partial charge in [0.25, 0.3) is 11.8 Å². The molecule has 142 valence electrons. The third-order valence-corrected chi connectivity index (χ3v) is 3.88. The molecule has 0 saturated heterocycles. The Morgan fingerprint density at radius 1 is 0.929 bits per heavy atom. The minimum absolute atomic E-state index is 0.183. The van der Waals surface area contributed by atoms with E-state index >= 15 is 0 Å². The number of carbonyl (C=O) groups excluding carboxylic acids is 3. The van der Waals surface area contributed by atoms with Gasteiger partial charge in [0.15, 0.2) is 12.4 Å². The number of rotatable bonds is 6. The van der Waals surface area contributed by atoms with E-state index in [1.54, 1.807) is 36.4 Å². The molecule has 2 aromatic carbocycles. The van der Waals surface area contributed by atoms with Gasteiger partial charge in [0.2, 0.25) is 0 Å².